The number of benzene rings is 1. The second-order valence-corrected chi connectivity index (χ2v) is 8.72. The number of carbonyl (C=O) groups excluding carboxylic acids is 2. The molecule has 0 saturated heterocycles. The van der Waals surface area contributed by atoms with E-state index in [1.807, 2.05) is 45.0 Å². The van der Waals surface area contributed by atoms with E-state index in [9.17, 15) is 14.7 Å². The fourth-order valence-corrected chi connectivity index (χ4v) is 3.97. The number of carbonyl (C=O) groups is 2. The number of fused-ring (bicyclic) bond motifs is 1. The molecule has 1 aromatic heterocycles. The second kappa shape index (κ2) is 10.8. The number of aliphatic hydroxyl groups is 1. The molecule has 0 unspecified atom stereocenters. The van der Waals surface area contributed by atoms with Gasteiger partial charge in [0.1, 0.15) is 18.3 Å². The van der Waals surface area contributed by atoms with Crippen LogP contribution in [-0.4, -0.2) is 84.3 Å². The molecule has 33 heavy (non-hydrogen) atoms. The van der Waals surface area contributed by atoms with E-state index in [0.717, 1.165) is 16.7 Å². The van der Waals surface area contributed by atoms with E-state index in [1.165, 1.54) is 7.11 Å². The zero-order valence-corrected chi connectivity index (χ0v) is 19.9. The molecule has 3 rings (SSSR count). The summed E-state index contributed by atoms with van der Waals surface area (Å²) in [4.78, 5) is 33.6. The van der Waals surface area contributed by atoms with E-state index in [4.69, 9.17) is 9.47 Å². The van der Waals surface area contributed by atoms with E-state index in [0.29, 0.717) is 18.7 Å². The van der Waals surface area contributed by atoms with Gasteiger partial charge in [0.05, 0.1) is 19.2 Å². The van der Waals surface area contributed by atoms with Crippen molar-refractivity contribution in [1.29, 1.82) is 0 Å². The Morgan fingerprint density at radius 1 is 1.36 bits per heavy atom. The number of ether oxygens (including phenoxy) is 2. The Morgan fingerprint density at radius 3 is 2.76 bits per heavy atom. The standard InChI is InChI=1S/C25H33N3O5/c1-16-8-6-7-9-20(16)19-10-21-24(26-11-19)33-22(13-27(4)23(30)15-32-5)17(2)12-28(25(21)31)18(3)14-29/h6-11,17-18,22,29H,12-15H2,1-5H3/t17-,18+,22-/m0/s1. The first-order valence-corrected chi connectivity index (χ1v) is 11.1. The average molecular weight is 456 g/mol. The van der Waals surface area contributed by atoms with Gasteiger partial charge in [-0.1, -0.05) is 31.2 Å². The van der Waals surface area contributed by atoms with Crippen LogP contribution in [0.2, 0.25) is 0 Å². The molecule has 8 nitrogen and oxygen atoms in total. The monoisotopic (exact) mass is 455 g/mol. The molecule has 2 heterocycles. The minimum Gasteiger partial charge on any atom is -0.472 e. The van der Waals surface area contributed by atoms with Gasteiger partial charge in [-0.3, -0.25) is 9.59 Å². The van der Waals surface area contributed by atoms with Gasteiger partial charge in [-0.25, -0.2) is 4.98 Å². The quantitative estimate of drug-likeness (QED) is 0.689. The third kappa shape index (κ3) is 5.51. The fraction of sp³-hybridized carbons (Fsp3) is 0.480. The van der Waals surface area contributed by atoms with E-state index < -0.39 is 6.10 Å². The molecule has 3 atom stereocenters. The van der Waals surface area contributed by atoms with Gasteiger partial charge in [0.2, 0.25) is 11.8 Å². The predicted octanol–water partition coefficient (Wildman–Crippen LogP) is 2.38. The van der Waals surface area contributed by atoms with Gasteiger partial charge in [0.25, 0.3) is 5.91 Å². The molecular formula is C25H33N3O5. The lowest BCUT2D eigenvalue weighted by molar-refractivity contribution is -0.135. The summed E-state index contributed by atoms with van der Waals surface area (Å²) >= 11 is 0. The van der Waals surface area contributed by atoms with Crippen LogP contribution in [0.15, 0.2) is 36.5 Å². The highest BCUT2D eigenvalue weighted by Gasteiger charge is 2.34. The van der Waals surface area contributed by atoms with Gasteiger partial charge in [-0.05, 0) is 31.0 Å². The number of hydrogen-bond donors (Lipinski definition) is 1. The minimum atomic E-state index is -0.395. The molecule has 0 aliphatic carbocycles. The molecule has 0 saturated carbocycles. The molecule has 1 aliphatic rings. The zero-order valence-electron chi connectivity index (χ0n) is 19.9. The summed E-state index contributed by atoms with van der Waals surface area (Å²) in [5, 5.41) is 9.81. The summed E-state index contributed by atoms with van der Waals surface area (Å²) < 4.78 is 11.2. The normalized spacial score (nSPS) is 19.2. The van der Waals surface area contributed by atoms with Crippen LogP contribution in [0.25, 0.3) is 11.1 Å². The molecule has 2 amide bonds. The Hall–Kier alpha value is -2.97. The maximum Gasteiger partial charge on any atom is 0.259 e. The van der Waals surface area contributed by atoms with Gasteiger partial charge in [0.15, 0.2) is 0 Å². The maximum absolute atomic E-state index is 13.5. The number of likely N-dealkylation sites (N-methyl/N-ethyl adjacent to an activating group) is 1. The number of aryl methyl sites for hydroxylation is 1. The van der Waals surface area contributed by atoms with Crippen LogP contribution in [0.4, 0.5) is 0 Å². The summed E-state index contributed by atoms with van der Waals surface area (Å²) in [6, 6.07) is 9.34. The number of rotatable bonds is 7. The van der Waals surface area contributed by atoms with Gasteiger partial charge in [-0.15, -0.1) is 0 Å². The lowest BCUT2D eigenvalue weighted by atomic mass is 9.98. The SMILES string of the molecule is COCC(=O)N(C)C[C@@H]1Oc2ncc(-c3ccccc3C)cc2C(=O)N([C@H](C)CO)C[C@@H]1C. The summed E-state index contributed by atoms with van der Waals surface area (Å²) in [5.74, 6) is -0.262. The molecule has 0 fully saturated rings. The molecule has 1 aliphatic heterocycles. The fourth-order valence-electron chi connectivity index (χ4n) is 3.97. The summed E-state index contributed by atoms with van der Waals surface area (Å²) in [7, 11) is 3.18. The van der Waals surface area contributed by atoms with E-state index in [2.05, 4.69) is 4.98 Å². The predicted molar refractivity (Wildman–Crippen MR) is 125 cm³/mol. The van der Waals surface area contributed by atoms with Crippen molar-refractivity contribution in [3.63, 3.8) is 0 Å². The highest BCUT2D eigenvalue weighted by atomic mass is 16.5. The molecule has 0 radical (unpaired) electrons. The third-order valence-corrected chi connectivity index (χ3v) is 6.12. The lowest BCUT2D eigenvalue weighted by Crippen LogP contribution is -2.50. The molecular weight excluding hydrogens is 422 g/mol. The summed E-state index contributed by atoms with van der Waals surface area (Å²) in [6.45, 7) is 6.32. The van der Waals surface area contributed by atoms with Gasteiger partial charge in [0, 0.05) is 38.4 Å². The van der Waals surface area contributed by atoms with Crippen molar-refractivity contribution >= 4 is 11.8 Å². The van der Waals surface area contributed by atoms with Crippen molar-refractivity contribution in [2.24, 2.45) is 5.92 Å². The summed E-state index contributed by atoms with van der Waals surface area (Å²) in [5.41, 5.74) is 3.22. The Morgan fingerprint density at radius 2 is 2.09 bits per heavy atom. The van der Waals surface area contributed by atoms with Crippen LogP contribution in [0.5, 0.6) is 5.88 Å². The number of nitrogens with zero attached hydrogens (tertiary/aromatic N) is 3. The van der Waals surface area contributed by atoms with Gasteiger partial charge >= 0.3 is 0 Å². The molecule has 0 bridgehead atoms. The Labute approximate surface area is 195 Å². The molecule has 1 aromatic carbocycles. The first kappa shape index (κ1) is 24.7. The van der Waals surface area contributed by atoms with Gasteiger partial charge < -0.3 is 24.4 Å². The van der Waals surface area contributed by atoms with Crippen LogP contribution in [-0.2, 0) is 9.53 Å². The first-order chi connectivity index (χ1) is 15.8. The highest BCUT2D eigenvalue weighted by molar-refractivity contribution is 5.98. The van der Waals surface area contributed by atoms with Crippen molar-refractivity contribution in [3.8, 4) is 17.0 Å². The molecule has 8 heteroatoms. The van der Waals surface area contributed by atoms with E-state index in [1.54, 1.807) is 29.1 Å². The van der Waals surface area contributed by atoms with E-state index in [-0.39, 0.29) is 42.9 Å². The van der Waals surface area contributed by atoms with Crippen LogP contribution in [0.3, 0.4) is 0 Å². The van der Waals surface area contributed by atoms with Crippen LogP contribution in [0, 0.1) is 12.8 Å². The molecule has 0 spiro atoms. The first-order valence-electron chi connectivity index (χ1n) is 11.1. The number of pyridine rings is 1. The van der Waals surface area contributed by atoms with Crippen molar-refractivity contribution < 1.29 is 24.2 Å². The van der Waals surface area contributed by atoms with Gasteiger partial charge in [-0.2, -0.15) is 0 Å². The lowest BCUT2D eigenvalue weighted by Gasteiger charge is -2.37. The Kier molecular flexibility index (Phi) is 8.05. The number of hydrogen-bond acceptors (Lipinski definition) is 6. The topological polar surface area (TPSA) is 92.2 Å². The van der Waals surface area contributed by atoms with Crippen molar-refractivity contribution in [2.45, 2.75) is 32.9 Å². The number of methoxy groups -OCH3 is 1. The minimum absolute atomic E-state index is 0.0155. The van der Waals surface area contributed by atoms with Crippen molar-refractivity contribution in [2.75, 3.05) is 40.5 Å². The smallest absolute Gasteiger partial charge is 0.259 e. The van der Waals surface area contributed by atoms with Crippen LogP contribution >= 0.6 is 0 Å². The Balaban J connectivity index is 2.02. The van der Waals surface area contributed by atoms with Crippen LogP contribution in [0.1, 0.15) is 29.8 Å². The molecule has 178 valence electrons. The average Bonchev–Trinajstić information content (AvgIpc) is 2.81. The third-order valence-electron chi connectivity index (χ3n) is 6.12. The van der Waals surface area contributed by atoms with Crippen LogP contribution < -0.4 is 4.74 Å². The summed E-state index contributed by atoms with van der Waals surface area (Å²) in [6.07, 6.45) is 1.31. The number of amides is 2. The Bertz CT molecular complexity index is 996. The number of aromatic nitrogens is 1. The molecule has 1 N–H and O–H groups in total. The zero-order chi connectivity index (χ0) is 24.1. The van der Waals surface area contributed by atoms with Crippen molar-refractivity contribution in [3.05, 3.63) is 47.7 Å². The maximum atomic E-state index is 13.5. The van der Waals surface area contributed by atoms with E-state index >= 15 is 0 Å². The highest BCUT2D eigenvalue weighted by Crippen LogP contribution is 2.31. The van der Waals surface area contributed by atoms with Crippen molar-refractivity contribution in [1.82, 2.24) is 14.8 Å². The second-order valence-electron chi connectivity index (χ2n) is 8.72. The largest absolute Gasteiger partial charge is 0.472 e. The molecule has 2 aromatic rings. The number of aliphatic hydroxyl groups excluding tert-OH is 1.